The SMILES string of the molecule is COc1ccc(C(=O)N(Cc2cc(NC(=O)c3cccc(F)c3)ccc2N(C)C)C(C)c2ccccc2)cc1. The van der Waals surface area contributed by atoms with Gasteiger partial charge in [0.1, 0.15) is 11.6 Å². The standard InChI is InChI=1S/C32H32FN3O3/c1-22(23-9-6-5-7-10-23)36(32(38)24-13-16-29(39-4)17-14-24)21-26-20-28(15-18-30(26)35(2)3)34-31(37)25-11-8-12-27(33)19-25/h5-20,22H,21H2,1-4H3,(H,34,37). The average molecular weight is 526 g/mol. The van der Waals surface area contributed by atoms with Gasteiger partial charge in [0.2, 0.25) is 0 Å². The molecule has 0 bridgehead atoms. The van der Waals surface area contributed by atoms with E-state index in [4.69, 9.17) is 4.74 Å². The summed E-state index contributed by atoms with van der Waals surface area (Å²) in [6.45, 7) is 2.29. The van der Waals surface area contributed by atoms with Crippen LogP contribution in [0.1, 0.15) is 44.8 Å². The van der Waals surface area contributed by atoms with Crippen molar-refractivity contribution in [3.05, 3.63) is 125 Å². The van der Waals surface area contributed by atoms with Gasteiger partial charge in [0, 0.05) is 43.1 Å². The fraction of sp³-hybridized carbons (Fsp3) is 0.188. The molecule has 1 atom stereocenters. The summed E-state index contributed by atoms with van der Waals surface area (Å²) in [7, 11) is 5.45. The predicted octanol–water partition coefficient (Wildman–Crippen LogP) is 6.56. The fourth-order valence-corrected chi connectivity index (χ4v) is 4.44. The Morgan fingerprint density at radius 2 is 1.59 bits per heavy atom. The van der Waals surface area contributed by atoms with Crippen LogP contribution in [0, 0.1) is 5.82 Å². The number of amides is 2. The lowest BCUT2D eigenvalue weighted by molar-refractivity contribution is 0.0674. The number of hydrogen-bond donors (Lipinski definition) is 1. The number of carbonyl (C=O) groups excluding carboxylic acids is 2. The number of ether oxygens (including phenoxy) is 1. The summed E-state index contributed by atoms with van der Waals surface area (Å²) in [6.07, 6.45) is 0. The lowest BCUT2D eigenvalue weighted by Gasteiger charge is -2.32. The molecular weight excluding hydrogens is 493 g/mol. The Morgan fingerprint density at radius 1 is 0.872 bits per heavy atom. The first-order valence-corrected chi connectivity index (χ1v) is 12.6. The van der Waals surface area contributed by atoms with Gasteiger partial charge in [-0.1, -0.05) is 36.4 Å². The van der Waals surface area contributed by atoms with Gasteiger partial charge in [0.25, 0.3) is 11.8 Å². The molecule has 4 rings (SSSR count). The zero-order valence-corrected chi connectivity index (χ0v) is 22.5. The summed E-state index contributed by atoms with van der Waals surface area (Å²) < 4.78 is 18.9. The van der Waals surface area contributed by atoms with Crippen LogP contribution in [0.2, 0.25) is 0 Å². The Hall–Kier alpha value is -4.65. The summed E-state index contributed by atoms with van der Waals surface area (Å²) >= 11 is 0. The van der Waals surface area contributed by atoms with Crippen LogP contribution < -0.4 is 15.0 Å². The van der Waals surface area contributed by atoms with Crippen LogP contribution in [0.3, 0.4) is 0 Å². The maximum Gasteiger partial charge on any atom is 0.255 e. The van der Waals surface area contributed by atoms with Gasteiger partial charge in [-0.3, -0.25) is 9.59 Å². The molecule has 0 aliphatic carbocycles. The summed E-state index contributed by atoms with van der Waals surface area (Å²) in [4.78, 5) is 30.5. The highest BCUT2D eigenvalue weighted by molar-refractivity contribution is 6.04. The van der Waals surface area contributed by atoms with Crippen molar-refractivity contribution in [3.8, 4) is 5.75 Å². The third kappa shape index (κ3) is 6.62. The number of halogens is 1. The van der Waals surface area contributed by atoms with Gasteiger partial charge in [-0.15, -0.1) is 0 Å². The molecule has 0 saturated carbocycles. The maximum absolute atomic E-state index is 13.9. The first kappa shape index (κ1) is 27.4. The van der Waals surface area contributed by atoms with E-state index in [1.165, 1.54) is 18.2 Å². The van der Waals surface area contributed by atoms with Crippen molar-refractivity contribution >= 4 is 23.2 Å². The van der Waals surface area contributed by atoms with Crippen molar-refractivity contribution in [1.29, 1.82) is 0 Å². The lowest BCUT2D eigenvalue weighted by atomic mass is 10.0. The van der Waals surface area contributed by atoms with Gasteiger partial charge in [0.15, 0.2) is 0 Å². The molecule has 4 aromatic rings. The van der Waals surface area contributed by atoms with Gasteiger partial charge >= 0.3 is 0 Å². The molecule has 2 amide bonds. The second-order valence-corrected chi connectivity index (χ2v) is 9.45. The molecule has 7 heteroatoms. The summed E-state index contributed by atoms with van der Waals surface area (Å²) in [5.74, 6) is -0.352. The van der Waals surface area contributed by atoms with E-state index in [2.05, 4.69) is 5.32 Å². The second-order valence-electron chi connectivity index (χ2n) is 9.45. The molecule has 0 aromatic heterocycles. The molecule has 1 N–H and O–H groups in total. The number of nitrogens with one attached hydrogen (secondary N) is 1. The van der Waals surface area contributed by atoms with E-state index in [9.17, 15) is 14.0 Å². The Balaban J connectivity index is 1.70. The van der Waals surface area contributed by atoms with Gasteiger partial charge in [0.05, 0.1) is 13.2 Å². The highest BCUT2D eigenvalue weighted by Crippen LogP contribution is 2.30. The molecule has 39 heavy (non-hydrogen) atoms. The molecule has 0 fully saturated rings. The highest BCUT2D eigenvalue weighted by atomic mass is 19.1. The number of benzene rings is 4. The van der Waals surface area contributed by atoms with E-state index in [-0.39, 0.29) is 24.1 Å². The molecule has 0 spiro atoms. The van der Waals surface area contributed by atoms with Crippen molar-refractivity contribution in [2.75, 3.05) is 31.4 Å². The molecule has 0 radical (unpaired) electrons. The number of rotatable bonds is 9. The van der Waals surface area contributed by atoms with Gasteiger partial charge < -0.3 is 19.9 Å². The molecule has 0 heterocycles. The van der Waals surface area contributed by atoms with E-state index in [0.717, 1.165) is 16.8 Å². The normalized spacial score (nSPS) is 11.4. The lowest BCUT2D eigenvalue weighted by Crippen LogP contribution is -2.33. The summed E-state index contributed by atoms with van der Waals surface area (Å²) in [5, 5.41) is 2.86. The van der Waals surface area contributed by atoms with Crippen LogP contribution in [0.25, 0.3) is 0 Å². The Bertz CT molecular complexity index is 1440. The zero-order valence-electron chi connectivity index (χ0n) is 22.5. The van der Waals surface area contributed by atoms with E-state index in [0.29, 0.717) is 17.0 Å². The minimum atomic E-state index is -0.478. The van der Waals surface area contributed by atoms with Gasteiger partial charge in [-0.2, -0.15) is 0 Å². The molecule has 0 aliphatic heterocycles. The highest BCUT2D eigenvalue weighted by Gasteiger charge is 2.25. The number of anilines is 2. The molecule has 0 aliphatic rings. The third-order valence-electron chi connectivity index (χ3n) is 6.59. The minimum absolute atomic E-state index is 0.132. The van der Waals surface area contributed by atoms with Crippen LogP contribution >= 0.6 is 0 Å². The fourth-order valence-electron chi connectivity index (χ4n) is 4.44. The van der Waals surface area contributed by atoms with Crippen LogP contribution in [0.15, 0.2) is 97.1 Å². The summed E-state index contributed by atoms with van der Waals surface area (Å²) in [5.41, 5.74) is 4.08. The second kappa shape index (κ2) is 12.3. The third-order valence-corrected chi connectivity index (χ3v) is 6.59. The quantitative estimate of drug-likeness (QED) is 0.269. The first-order chi connectivity index (χ1) is 18.8. The van der Waals surface area contributed by atoms with Crippen LogP contribution in [0.4, 0.5) is 15.8 Å². The number of hydrogen-bond acceptors (Lipinski definition) is 4. The number of carbonyl (C=O) groups is 2. The zero-order chi connectivity index (χ0) is 27.9. The first-order valence-electron chi connectivity index (χ1n) is 12.6. The number of methoxy groups -OCH3 is 1. The average Bonchev–Trinajstić information content (AvgIpc) is 2.95. The van der Waals surface area contributed by atoms with Gasteiger partial charge in [-0.05, 0) is 78.7 Å². The monoisotopic (exact) mass is 525 g/mol. The Morgan fingerprint density at radius 3 is 2.23 bits per heavy atom. The van der Waals surface area contributed by atoms with Crippen LogP contribution in [0.5, 0.6) is 5.75 Å². The smallest absolute Gasteiger partial charge is 0.255 e. The molecule has 200 valence electrons. The molecular formula is C32H32FN3O3. The maximum atomic E-state index is 13.9. The van der Waals surface area contributed by atoms with Crippen molar-refractivity contribution in [1.82, 2.24) is 4.90 Å². The van der Waals surface area contributed by atoms with E-state index >= 15 is 0 Å². The minimum Gasteiger partial charge on any atom is -0.497 e. The van der Waals surface area contributed by atoms with Crippen LogP contribution in [-0.2, 0) is 6.54 Å². The molecule has 1 unspecified atom stereocenters. The summed E-state index contributed by atoms with van der Waals surface area (Å²) in [6, 6.07) is 27.8. The topological polar surface area (TPSA) is 61.9 Å². The van der Waals surface area contributed by atoms with E-state index in [1.54, 1.807) is 43.5 Å². The molecule has 4 aromatic carbocycles. The van der Waals surface area contributed by atoms with Crippen molar-refractivity contribution in [2.45, 2.75) is 19.5 Å². The van der Waals surface area contributed by atoms with Crippen molar-refractivity contribution < 1.29 is 18.7 Å². The number of nitrogens with zero attached hydrogens (tertiary/aromatic N) is 2. The van der Waals surface area contributed by atoms with Crippen LogP contribution in [-0.4, -0.2) is 37.9 Å². The van der Waals surface area contributed by atoms with E-state index in [1.807, 2.05) is 73.3 Å². The Labute approximate surface area is 228 Å². The van der Waals surface area contributed by atoms with Crippen molar-refractivity contribution in [3.63, 3.8) is 0 Å². The Kier molecular flexibility index (Phi) is 8.61. The van der Waals surface area contributed by atoms with E-state index < -0.39 is 11.7 Å². The molecule has 6 nitrogen and oxygen atoms in total. The van der Waals surface area contributed by atoms with Gasteiger partial charge in [-0.25, -0.2) is 4.39 Å². The largest absolute Gasteiger partial charge is 0.497 e. The predicted molar refractivity (Wildman–Crippen MR) is 153 cm³/mol. The van der Waals surface area contributed by atoms with Crippen molar-refractivity contribution in [2.24, 2.45) is 0 Å². The molecule has 0 saturated heterocycles.